The Hall–Kier alpha value is -2.97. The highest BCUT2D eigenvalue weighted by molar-refractivity contribution is 7.98. The smallest absolute Gasteiger partial charge is 0.383 e. The number of hydrogen-bond donors (Lipinski definition) is 4. The lowest BCUT2D eigenvalue weighted by Gasteiger charge is -2.26. The van der Waals surface area contributed by atoms with Crippen LogP contribution in [0.5, 0.6) is 0 Å². The standard InChI is InChI=1S/C24H32F3N5OS.C2H3N/c1-23(2,3)34-32-20(24(25,26)27)15-9-11-17(12-10-15)31-21(28)19-18(13-14-29-22(19)33)30-16-7-5-4-6-8-16;1-2-3/h9-14,16,20,32H,4-8H2,1-3H3,(H2,28,31)(H2,29,30,33);1H3/t20-;/m0./s1. The van der Waals surface area contributed by atoms with E-state index in [4.69, 9.17) is 11.0 Å². The lowest BCUT2D eigenvalue weighted by atomic mass is 9.95. The number of aromatic amines is 1. The summed E-state index contributed by atoms with van der Waals surface area (Å²) in [5, 5.41) is 10.7. The third-order valence-corrected chi connectivity index (χ3v) is 6.43. The summed E-state index contributed by atoms with van der Waals surface area (Å²) in [5.74, 6) is 0.00157. The zero-order valence-electron chi connectivity index (χ0n) is 21.6. The molecule has 1 aromatic heterocycles. The summed E-state index contributed by atoms with van der Waals surface area (Å²) in [6.07, 6.45) is 2.61. The van der Waals surface area contributed by atoms with Gasteiger partial charge in [0.25, 0.3) is 5.56 Å². The number of aromatic nitrogens is 1. The van der Waals surface area contributed by atoms with Crippen LogP contribution in [0.3, 0.4) is 0 Å². The van der Waals surface area contributed by atoms with Gasteiger partial charge < -0.3 is 16.0 Å². The van der Waals surface area contributed by atoms with Crippen molar-refractivity contribution in [3.8, 4) is 6.07 Å². The van der Waals surface area contributed by atoms with Crippen molar-refractivity contribution >= 4 is 29.2 Å². The number of halogens is 3. The van der Waals surface area contributed by atoms with E-state index in [1.807, 2.05) is 20.8 Å². The molecule has 0 bridgehead atoms. The summed E-state index contributed by atoms with van der Waals surface area (Å²) < 4.78 is 43.0. The van der Waals surface area contributed by atoms with Crippen LogP contribution < -0.4 is 21.3 Å². The first-order chi connectivity index (χ1) is 17.4. The first kappa shape index (κ1) is 30.3. The average molecular weight is 537 g/mol. The summed E-state index contributed by atoms with van der Waals surface area (Å²) in [7, 11) is 0. The molecule has 0 aliphatic heterocycles. The van der Waals surface area contributed by atoms with Gasteiger partial charge >= 0.3 is 6.18 Å². The Morgan fingerprint density at radius 3 is 2.30 bits per heavy atom. The Morgan fingerprint density at radius 1 is 1.16 bits per heavy atom. The van der Waals surface area contributed by atoms with Gasteiger partial charge in [0.2, 0.25) is 0 Å². The number of pyridine rings is 1. The van der Waals surface area contributed by atoms with Crippen LogP contribution in [0.25, 0.3) is 0 Å². The molecule has 1 fully saturated rings. The number of nitrogens with one attached hydrogen (secondary N) is 3. The highest BCUT2D eigenvalue weighted by atomic mass is 32.2. The zero-order valence-corrected chi connectivity index (χ0v) is 22.4. The fraction of sp³-hybridized carbons (Fsp3) is 0.500. The third-order valence-electron chi connectivity index (χ3n) is 5.47. The molecule has 0 amide bonds. The van der Waals surface area contributed by atoms with E-state index in [2.05, 4.69) is 20.0 Å². The van der Waals surface area contributed by atoms with Crippen molar-refractivity contribution in [2.24, 2.45) is 10.7 Å². The fourth-order valence-electron chi connectivity index (χ4n) is 3.82. The summed E-state index contributed by atoms with van der Waals surface area (Å²) in [6, 6.07) is 7.62. The van der Waals surface area contributed by atoms with Crippen LogP contribution in [0.2, 0.25) is 0 Å². The van der Waals surface area contributed by atoms with Crippen LogP contribution >= 0.6 is 11.9 Å². The molecule has 0 radical (unpaired) electrons. The molecule has 1 saturated carbocycles. The third kappa shape index (κ3) is 9.78. The summed E-state index contributed by atoms with van der Waals surface area (Å²) in [4.78, 5) is 19.5. The van der Waals surface area contributed by atoms with Gasteiger partial charge in [-0.05, 0) is 57.4 Å². The summed E-state index contributed by atoms with van der Waals surface area (Å²) >= 11 is 1.03. The van der Waals surface area contributed by atoms with Crippen LogP contribution in [0.1, 0.15) is 77.0 Å². The number of anilines is 1. The maximum absolute atomic E-state index is 13.6. The normalized spacial score (nSPS) is 15.8. The van der Waals surface area contributed by atoms with Gasteiger partial charge in [0, 0.05) is 23.9 Å². The maximum atomic E-state index is 13.6. The minimum Gasteiger partial charge on any atom is -0.383 e. The van der Waals surface area contributed by atoms with Crippen molar-refractivity contribution in [2.45, 2.75) is 82.8 Å². The highest BCUT2D eigenvalue weighted by Gasteiger charge is 2.41. The lowest BCUT2D eigenvalue weighted by Crippen LogP contribution is -2.32. The molecule has 0 spiro atoms. The molecule has 2 aromatic rings. The molecule has 3 rings (SSSR count). The SMILES string of the molecule is CC#N.CC(C)(C)SN[C@@H](c1ccc(N=C(N)c2c(NC3CCCCC3)cc[nH]c2=O)cc1)C(F)(F)F. The second kappa shape index (κ2) is 13.5. The minimum absolute atomic E-state index is 0.00157. The quantitative estimate of drug-likeness (QED) is 0.187. The fourth-order valence-corrected chi connectivity index (χ4v) is 4.56. The summed E-state index contributed by atoms with van der Waals surface area (Å²) in [6.45, 7) is 6.93. The van der Waals surface area contributed by atoms with Gasteiger partial charge in [-0.25, -0.2) is 9.71 Å². The number of nitriles is 1. The predicted octanol–water partition coefficient (Wildman–Crippen LogP) is 6.33. The Balaban J connectivity index is 0.00000153. The number of rotatable bonds is 7. The van der Waals surface area contributed by atoms with Crippen LogP contribution in [-0.4, -0.2) is 27.8 Å². The molecule has 37 heavy (non-hydrogen) atoms. The number of aliphatic imine (C=N–C) groups is 1. The van der Waals surface area contributed by atoms with Gasteiger partial charge in [0.15, 0.2) is 0 Å². The maximum Gasteiger partial charge on any atom is 0.408 e. The largest absolute Gasteiger partial charge is 0.408 e. The van der Waals surface area contributed by atoms with Crippen molar-refractivity contribution in [1.82, 2.24) is 9.71 Å². The van der Waals surface area contributed by atoms with E-state index in [-0.39, 0.29) is 33.3 Å². The molecule has 1 atom stereocenters. The van der Waals surface area contributed by atoms with E-state index in [1.165, 1.54) is 37.6 Å². The number of H-pyrrole nitrogens is 1. The summed E-state index contributed by atoms with van der Waals surface area (Å²) in [5.41, 5.74) is 7.08. The van der Waals surface area contributed by atoms with Crippen LogP contribution in [0.15, 0.2) is 46.3 Å². The molecule has 1 aliphatic carbocycles. The molecule has 202 valence electrons. The van der Waals surface area contributed by atoms with Gasteiger partial charge in [0.05, 0.1) is 17.4 Å². The second-order valence-corrected chi connectivity index (χ2v) is 11.4. The molecule has 11 heteroatoms. The molecular weight excluding hydrogens is 501 g/mol. The molecule has 5 N–H and O–H groups in total. The topological polar surface area (TPSA) is 119 Å². The molecule has 1 aromatic carbocycles. The van der Waals surface area contributed by atoms with Crippen molar-refractivity contribution in [1.29, 1.82) is 5.26 Å². The van der Waals surface area contributed by atoms with Crippen LogP contribution in [0, 0.1) is 11.3 Å². The second-order valence-electron chi connectivity index (χ2n) is 9.69. The van der Waals surface area contributed by atoms with E-state index in [0.29, 0.717) is 11.4 Å². The Kier molecular flexibility index (Phi) is 11.1. The van der Waals surface area contributed by atoms with Crippen molar-refractivity contribution in [3.05, 3.63) is 58.0 Å². The number of nitrogens with two attached hydrogens (primary N) is 1. The van der Waals surface area contributed by atoms with E-state index < -0.39 is 12.2 Å². The molecule has 1 heterocycles. The first-order valence-corrected chi connectivity index (χ1v) is 12.9. The van der Waals surface area contributed by atoms with Crippen molar-refractivity contribution < 1.29 is 13.2 Å². The Morgan fingerprint density at radius 2 is 1.76 bits per heavy atom. The van der Waals surface area contributed by atoms with Gasteiger partial charge in [-0.2, -0.15) is 18.4 Å². The average Bonchev–Trinajstić information content (AvgIpc) is 2.80. The predicted molar refractivity (Wildman–Crippen MR) is 145 cm³/mol. The molecule has 0 unspecified atom stereocenters. The van der Waals surface area contributed by atoms with E-state index >= 15 is 0 Å². The minimum atomic E-state index is -4.46. The Bertz CT molecular complexity index is 1130. The molecule has 1 aliphatic rings. The molecule has 0 saturated heterocycles. The van der Waals surface area contributed by atoms with Crippen LogP contribution in [-0.2, 0) is 0 Å². The number of alkyl halides is 3. The Labute approximate surface area is 220 Å². The van der Waals surface area contributed by atoms with E-state index in [1.54, 1.807) is 18.3 Å². The first-order valence-electron chi connectivity index (χ1n) is 12.1. The number of hydrogen-bond acceptors (Lipinski definition) is 6. The lowest BCUT2D eigenvalue weighted by molar-refractivity contribution is -0.152. The zero-order chi connectivity index (χ0) is 27.6. The number of nitrogens with zero attached hydrogens (tertiary/aromatic N) is 2. The van der Waals surface area contributed by atoms with Gasteiger partial charge in [0.1, 0.15) is 17.4 Å². The van der Waals surface area contributed by atoms with Gasteiger partial charge in [-0.15, -0.1) is 0 Å². The monoisotopic (exact) mass is 536 g/mol. The van der Waals surface area contributed by atoms with E-state index in [9.17, 15) is 18.0 Å². The van der Waals surface area contributed by atoms with Crippen molar-refractivity contribution in [3.63, 3.8) is 0 Å². The molecular formula is C26H35F3N6OS. The highest BCUT2D eigenvalue weighted by Crippen LogP contribution is 2.37. The van der Waals surface area contributed by atoms with Crippen LogP contribution in [0.4, 0.5) is 24.5 Å². The molecule has 7 nitrogen and oxygen atoms in total. The van der Waals surface area contributed by atoms with Gasteiger partial charge in [-0.1, -0.05) is 43.3 Å². The van der Waals surface area contributed by atoms with E-state index in [0.717, 1.165) is 37.6 Å². The van der Waals surface area contributed by atoms with Gasteiger partial charge in [-0.3, -0.25) is 4.79 Å². The number of benzene rings is 1. The van der Waals surface area contributed by atoms with Crippen molar-refractivity contribution in [2.75, 3.05) is 5.32 Å². The number of amidine groups is 1.